The van der Waals surface area contributed by atoms with Gasteiger partial charge in [-0.25, -0.2) is 0 Å². The first-order valence-electron chi connectivity index (χ1n) is 5.33. The first-order valence-corrected chi connectivity index (χ1v) is 5.33. The molecule has 1 spiro atoms. The van der Waals surface area contributed by atoms with Crippen molar-refractivity contribution < 1.29 is 0 Å². The Labute approximate surface area is 81.1 Å². The summed E-state index contributed by atoms with van der Waals surface area (Å²) in [4.78, 5) is 5.02. The molecule has 13 heavy (non-hydrogen) atoms. The van der Waals surface area contributed by atoms with Gasteiger partial charge in [0.1, 0.15) is 0 Å². The molecule has 3 heteroatoms. The van der Waals surface area contributed by atoms with Crippen LogP contribution in [0.25, 0.3) is 0 Å². The Hall–Kier alpha value is -0.120. The molecule has 2 rings (SSSR count). The minimum atomic E-state index is 0.436. The van der Waals surface area contributed by atoms with Gasteiger partial charge in [0, 0.05) is 31.7 Å². The summed E-state index contributed by atoms with van der Waals surface area (Å²) < 4.78 is 0. The lowest BCUT2D eigenvalue weighted by molar-refractivity contribution is 0.00990. The van der Waals surface area contributed by atoms with E-state index < -0.39 is 0 Å². The van der Waals surface area contributed by atoms with E-state index in [2.05, 4.69) is 29.2 Å². The van der Waals surface area contributed by atoms with Gasteiger partial charge in [-0.05, 0) is 33.5 Å². The summed E-state index contributed by atoms with van der Waals surface area (Å²) in [5.41, 5.74) is 0.436. The van der Waals surface area contributed by atoms with Crippen molar-refractivity contribution in [3.05, 3.63) is 0 Å². The largest absolute Gasteiger partial charge is 0.315 e. The van der Waals surface area contributed by atoms with Crippen LogP contribution in [0.4, 0.5) is 0 Å². The summed E-state index contributed by atoms with van der Waals surface area (Å²) in [5, 5.41) is 3.53. The van der Waals surface area contributed by atoms with Gasteiger partial charge >= 0.3 is 0 Å². The molecule has 2 heterocycles. The lowest BCUT2D eigenvalue weighted by atomic mass is 9.86. The average molecular weight is 183 g/mol. The van der Waals surface area contributed by atoms with Gasteiger partial charge in [0.15, 0.2) is 0 Å². The van der Waals surface area contributed by atoms with Crippen LogP contribution in [-0.2, 0) is 0 Å². The SMILES string of the molecule is CN1CCN(C)C2(CCCNC2)C1. The molecule has 0 aromatic carbocycles. The summed E-state index contributed by atoms with van der Waals surface area (Å²) in [6.45, 7) is 6.06. The molecule has 2 fully saturated rings. The van der Waals surface area contributed by atoms with Crippen LogP contribution in [0, 0.1) is 0 Å². The van der Waals surface area contributed by atoms with Gasteiger partial charge in [-0.2, -0.15) is 0 Å². The van der Waals surface area contributed by atoms with E-state index in [0.717, 1.165) is 0 Å². The lowest BCUT2D eigenvalue weighted by Crippen LogP contribution is -2.65. The third kappa shape index (κ3) is 1.73. The van der Waals surface area contributed by atoms with Gasteiger partial charge in [-0.15, -0.1) is 0 Å². The van der Waals surface area contributed by atoms with E-state index in [4.69, 9.17) is 0 Å². The Morgan fingerprint density at radius 1 is 1.23 bits per heavy atom. The maximum Gasteiger partial charge on any atom is 0.0458 e. The maximum absolute atomic E-state index is 3.53. The number of nitrogens with zero attached hydrogens (tertiary/aromatic N) is 2. The highest BCUT2D eigenvalue weighted by Crippen LogP contribution is 2.26. The molecule has 0 aliphatic carbocycles. The van der Waals surface area contributed by atoms with Crippen molar-refractivity contribution in [1.82, 2.24) is 15.1 Å². The van der Waals surface area contributed by atoms with Crippen LogP contribution < -0.4 is 5.32 Å². The maximum atomic E-state index is 3.53. The van der Waals surface area contributed by atoms with Crippen molar-refractivity contribution in [2.24, 2.45) is 0 Å². The predicted molar refractivity (Wildman–Crippen MR) is 55.0 cm³/mol. The molecule has 3 nitrogen and oxygen atoms in total. The molecule has 0 aromatic rings. The van der Waals surface area contributed by atoms with E-state index in [1.807, 2.05) is 0 Å². The number of piperidine rings is 1. The minimum Gasteiger partial charge on any atom is -0.315 e. The van der Waals surface area contributed by atoms with Crippen molar-refractivity contribution in [3.8, 4) is 0 Å². The molecule has 0 radical (unpaired) electrons. The fourth-order valence-electron chi connectivity index (χ4n) is 2.67. The molecule has 2 aliphatic rings. The molecule has 0 saturated carbocycles. The quantitative estimate of drug-likeness (QED) is 0.570. The Bertz CT molecular complexity index is 175. The normalized spacial score (nSPS) is 38.3. The van der Waals surface area contributed by atoms with E-state index in [9.17, 15) is 0 Å². The lowest BCUT2D eigenvalue weighted by Gasteiger charge is -2.50. The first-order chi connectivity index (χ1) is 6.23. The molecule has 1 atom stereocenters. The van der Waals surface area contributed by atoms with E-state index in [-0.39, 0.29) is 0 Å². The highest BCUT2D eigenvalue weighted by atomic mass is 15.3. The van der Waals surface area contributed by atoms with Crippen LogP contribution in [0.5, 0.6) is 0 Å². The second kappa shape index (κ2) is 3.56. The number of hydrogen-bond donors (Lipinski definition) is 1. The first kappa shape index (κ1) is 9.44. The topological polar surface area (TPSA) is 18.5 Å². The van der Waals surface area contributed by atoms with Crippen LogP contribution in [0.3, 0.4) is 0 Å². The molecule has 2 saturated heterocycles. The summed E-state index contributed by atoms with van der Waals surface area (Å²) in [6, 6.07) is 0. The fraction of sp³-hybridized carbons (Fsp3) is 1.00. The number of rotatable bonds is 0. The summed E-state index contributed by atoms with van der Waals surface area (Å²) in [5.74, 6) is 0. The second-order valence-electron chi connectivity index (χ2n) is 4.66. The molecule has 1 unspecified atom stereocenters. The molecule has 1 N–H and O–H groups in total. The summed E-state index contributed by atoms with van der Waals surface area (Å²) in [7, 11) is 4.52. The van der Waals surface area contributed by atoms with Crippen molar-refractivity contribution in [2.45, 2.75) is 18.4 Å². The number of likely N-dealkylation sites (N-methyl/N-ethyl adjacent to an activating group) is 2. The number of hydrogen-bond acceptors (Lipinski definition) is 3. The second-order valence-corrected chi connectivity index (χ2v) is 4.66. The molecule has 0 bridgehead atoms. The molecule has 0 amide bonds. The van der Waals surface area contributed by atoms with E-state index in [0.29, 0.717) is 5.54 Å². The van der Waals surface area contributed by atoms with Crippen molar-refractivity contribution in [2.75, 3.05) is 46.8 Å². The third-order valence-corrected chi connectivity index (χ3v) is 3.64. The zero-order valence-electron chi connectivity index (χ0n) is 8.84. The number of piperazine rings is 1. The number of nitrogens with one attached hydrogen (secondary N) is 1. The van der Waals surface area contributed by atoms with Crippen molar-refractivity contribution in [3.63, 3.8) is 0 Å². The Balaban J connectivity index is 2.07. The van der Waals surface area contributed by atoms with Gasteiger partial charge in [-0.1, -0.05) is 0 Å². The average Bonchev–Trinajstić information content (AvgIpc) is 2.14. The fourth-order valence-corrected chi connectivity index (χ4v) is 2.67. The van der Waals surface area contributed by atoms with Crippen LogP contribution in [0.15, 0.2) is 0 Å². The molecule has 76 valence electrons. The Morgan fingerprint density at radius 3 is 2.77 bits per heavy atom. The summed E-state index contributed by atoms with van der Waals surface area (Å²) >= 11 is 0. The van der Waals surface area contributed by atoms with E-state index in [1.54, 1.807) is 0 Å². The van der Waals surface area contributed by atoms with E-state index >= 15 is 0 Å². The smallest absolute Gasteiger partial charge is 0.0458 e. The molecular weight excluding hydrogens is 162 g/mol. The van der Waals surface area contributed by atoms with Crippen molar-refractivity contribution >= 4 is 0 Å². The zero-order chi connectivity index (χ0) is 9.31. The highest BCUT2D eigenvalue weighted by molar-refractivity contribution is 4.99. The van der Waals surface area contributed by atoms with Crippen LogP contribution >= 0.6 is 0 Å². The predicted octanol–water partition coefficient (Wildman–Crippen LogP) is -0.0142. The summed E-state index contributed by atoms with van der Waals surface area (Å²) in [6.07, 6.45) is 2.69. The van der Waals surface area contributed by atoms with Crippen LogP contribution in [0.2, 0.25) is 0 Å². The minimum absolute atomic E-state index is 0.436. The van der Waals surface area contributed by atoms with Gasteiger partial charge < -0.3 is 10.2 Å². The van der Waals surface area contributed by atoms with Crippen LogP contribution in [0.1, 0.15) is 12.8 Å². The molecule has 0 aromatic heterocycles. The van der Waals surface area contributed by atoms with Gasteiger partial charge in [-0.3, -0.25) is 4.90 Å². The van der Waals surface area contributed by atoms with Gasteiger partial charge in [0.25, 0.3) is 0 Å². The Kier molecular flexibility index (Phi) is 2.58. The standard InChI is InChI=1S/C10H21N3/c1-12-6-7-13(2)10(9-12)4-3-5-11-8-10/h11H,3-9H2,1-2H3. The van der Waals surface area contributed by atoms with E-state index in [1.165, 1.54) is 45.6 Å². The third-order valence-electron chi connectivity index (χ3n) is 3.64. The van der Waals surface area contributed by atoms with Crippen LogP contribution in [-0.4, -0.2) is 62.2 Å². The van der Waals surface area contributed by atoms with Gasteiger partial charge in [0.05, 0.1) is 0 Å². The zero-order valence-corrected chi connectivity index (χ0v) is 8.84. The van der Waals surface area contributed by atoms with Crippen molar-refractivity contribution in [1.29, 1.82) is 0 Å². The Morgan fingerprint density at radius 2 is 2.08 bits per heavy atom. The van der Waals surface area contributed by atoms with Gasteiger partial charge in [0.2, 0.25) is 0 Å². The monoisotopic (exact) mass is 183 g/mol. The highest BCUT2D eigenvalue weighted by Gasteiger charge is 2.39. The molecule has 2 aliphatic heterocycles. The molecular formula is C10H21N3.